The highest BCUT2D eigenvalue weighted by Crippen LogP contribution is 1.95. The zero-order chi connectivity index (χ0) is 11.2. The van der Waals surface area contributed by atoms with Crippen molar-refractivity contribution >= 4 is 0 Å². The number of imidazole rings is 1. The minimum atomic E-state index is 0.567. The summed E-state index contributed by atoms with van der Waals surface area (Å²) in [6.45, 7) is 2.68. The molecule has 2 aromatic rings. The molecule has 0 aliphatic carbocycles. The van der Waals surface area contributed by atoms with E-state index in [-0.39, 0.29) is 0 Å². The highest BCUT2D eigenvalue weighted by atomic mass is 15.0. The van der Waals surface area contributed by atoms with Gasteiger partial charge in [-0.05, 0) is 17.9 Å². The highest BCUT2D eigenvalue weighted by molar-refractivity contribution is 5.21. The fourth-order valence-electron chi connectivity index (χ4n) is 1.19. The van der Waals surface area contributed by atoms with Crippen molar-refractivity contribution in [3.63, 3.8) is 0 Å². The summed E-state index contributed by atoms with van der Waals surface area (Å²) < 4.78 is 1.90. The maximum Gasteiger partial charge on any atom is 0.204 e. The molecule has 0 aliphatic heterocycles. The van der Waals surface area contributed by atoms with Crippen LogP contribution in [-0.4, -0.2) is 19.5 Å². The summed E-state index contributed by atoms with van der Waals surface area (Å²) in [5.74, 6) is 6.47. The molecule has 2 aromatic heterocycles. The lowest BCUT2D eigenvalue weighted by atomic mass is 10.3. The number of hydrogen-bond acceptors (Lipinski definition) is 3. The fraction of sp³-hybridized carbons (Fsp3) is 0.250. The van der Waals surface area contributed by atoms with Crippen LogP contribution in [-0.2, 0) is 13.0 Å². The van der Waals surface area contributed by atoms with Crippen LogP contribution in [0, 0.1) is 11.8 Å². The minimum absolute atomic E-state index is 0.567. The summed E-state index contributed by atoms with van der Waals surface area (Å²) in [5, 5.41) is 0. The first-order chi connectivity index (χ1) is 7.88. The van der Waals surface area contributed by atoms with Crippen molar-refractivity contribution in [2.75, 3.05) is 0 Å². The molecule has 0 radical (unpaired) electrons. The molecule has 0 fully saturated rings. The third-order valence-electron chi connectivity index (χ3n) is 2.13. The van der Waals surface area contributed by atoms with Crippen molar-refractivity contribution in [1.82, 2.24) is 19.5 Å². The quantitative estimate of drug-likeness (QED) is 0.704. The van der Waals surface area contributed by atoms with Gasteiger partial charge in [-0.2, -0.15) is 0 Å². The third kappa shape index (κ3) is 2.67. The van der Waals surface area contributed by atoms with Gasteiger partial charge in [0.2, 0.25) is 5.82 Å². The average Bonchev–Trinajstić information content (AvgIpc) is 2.83. The van der Waals surface area contributed by atoms with Crippen LogP contribution in [0.3, 0.4) is 0 Å². The van der Waals surface area contributed by atoms with E-state index >= 15 is 0 Å². The van der Waals surface area contributed by atoms with E-state index in [4.69, 9.17) is 0 Å². The first-order valence-corrected chi connectivity index (χ1v) is 5.14. The van der Waals surface area contributed by atoms with Crippen LogP contribution >= 0.6 is 0 Å². The van der Waals surface area contributed by atoms with Crippen molar-refractivity contribution in [3.8, 4) is 11.8 Å². The van der Waals surface area contributed by atoms with Crippen LogP contribution in [0.2, 0.25) is 0 Å². The standard InChI is InChI=1S/C12H12N4/c1-2-11-8-14-12(15-9-11)4-3-6-16-7-5-13-10-16/h5,7-10H,2,6H2,1H3. The van der Waals surface area contributed by atoms with E-state index in [0.717, 1.165) is 12.0 Å². The van der Waals surface area contributed by atoms with Gasteiger partial charge in [-0.25, -0.2) is 15.0 Å². The summed E-state index contributed by atoms with van der Waals surface area (Å²) >= 11 is 0. The Hall–Kier alpha value is -2.15. The molecule has 0 aromatic carbocycles. The van der Waals surface area contributed by atoms with Crippen molar-refractivity contribution in [2.24, 2.45) is 0 Å². The molecular weight excluding hydrogens is 200 g/mol. The predicted molar refractivity (Wildman–Crippen MR) is 60.5 cm³/mol. The van der Waals surface area contributed by atoms with Gasteiger partial charge < -0.3 is 4.57 Å². The molecule has 4 heteroatoms. The zero-order valence-corrected chi connectivity index (χ0v) is 9.09. The van der Waals surface area contributed by atoms with Crippen LogP contribution in [0.5, 0.6) is 0 Å². The Morgan fingerprint density at radius 2 is 2.12 bits per heavy atom. The summed E-state index contributed by atoms with van der Waals surface area (Å²) in [6.07, 6.45) is 9.91. The average molecular weight is 212 g/mol. The molecule has 2 heterocycles. The second kappa shape index (κ2) is 5.08. The van der Waals surface area contributed by atoms with E-state index in [0.29, 0.717) is 12.4 Å². The lowest BCUT2D eigenvalue weighted by Crippen LogP contribution is -1.93. The summed E-state index contributed by atoms with van der Waals surface area (Å²) in [4.78, 5) is 12.3. The first-order valence-electron chi connectivity index (χ1n) is 5.14. The molecular formula is C12H12N4. The molecule has 2 rings (SSSR count). The molecule has 80 valence electrons. The molecule has 0 aliphatic rings. The van der Waals surface area contributed by atoms with E-state index in [1.54, 1.807) is 12.5 Å². The van der Waals surface area contributed by atoms with Gasteiger partial charge in [0.15, 0.2) is 0 Å². The first kappa shape index (κ1) is 10.4. The Morgan fingerprint density at radius 3 is 2.75 bits per heavy atom. The monoisotopic (exact) mass is 212 g/mol. The number of aryl methyl sites for hydroxylation is 1. The van der Waals surface area contributed by atoms with Crippen molar-refractivity contribution in [1.29, 1.82) is 0 Å². The van der Waals surface area contributed by atoms with E-state index in [1.807, 2.05) is 23.2 Å². The van der Waals surface area contributed by atoms with E-state index in [2.05, 4.69) is 33.7 Å². The van der Waals surface area contributed by atoms with Crippen molar-refractivity contribution in [2.45, 2.75) is 19.9 Å². The van der Waals surface area contributed by atoms with E-state index < -0.39 is 0 Å². The van der Waals surface area contributed by atoms with Gasteiger partial charge >= 0.3 is 0 Å². The highest BCUT2D eigenvalue weighted by Gasteiger charge is 1.91. The molecule has 0 atom stereocenters. The van der Waals surface area contributed by atoms with Crippen LogP contribution in [0.1, 0.15) is 18.3 Å². The molecule has 0 saturated carbocycles. The molecule has 0 amide bonds. The van der Waals surface area contributed by atoms with Crippen molar-refractivity contribution < 1.29 is 0 Å². The van der Waals surface area contributed by atoms with Crippen LogP contribution in [0.4, 0.5) is 0 Å². The molecule has 0 bridgehead atoms. The van der Waals surface area contributed by atoms with Crippen LogP contribution in [0.15, 0.2) is 31.1 Å². The number of aromatic nitrogens is 4. The minimum Gasteiger partial charge on any atom is -0.326 e. The summed E-state index contributed by atoms with van der Waals surface area (Å²) in [5.41, 5.74) is 1.13. The normalized spacial score (nSPS) is 9.56. The van der Waals surface area contributed by atoms with Gasteiger partial charge in [0.25, 0.3) is 0 Å². The summed E-state index contributed by atoms with van der Waals surface area (Å²) in [7, 11) is 0. The number of rotatable bonds is 2. The lowest BCUT2D eigenvalue weighted by Gasteiger charge is -1.94. The molecule has 0 N–H and O–H groups in total. The summed E-state index contributed by atoms with van der Waals surface area (Å²) in [6, 6.07) is 0. The van der Waals surface area contributed by atoms with E-state index in [1.165, 1.54) is 0 Å². The Morgan fingerprint density at radius 1 is 1.31 bits per heavy atom. The lowest BCUT2D eigenvalue weighted by molar-refractivity contribution is 0.839. The fourth-order valence-corrected chi connectivity index (χ4v) is 1.19. The van der Waals surface area contributed by atoms with Gasteiger partial charge in [-0.1, -0.05) is 12.8 Å². The second-order valence-corrected chi connectivity index (χ2v) is 3.31. The third-order valence-corrected chi connectivity index (χ3v) is 2.13. The Kier molecular flexibility index (Phi) is 3.29. The van der Waals surface area contributed by atoms with Gasteiger partial charge in [-0.3, -0.25) is 0 Å². The van der Waals surface area contributed by atoms with Gasteiger partial charge in [0, 0.05) is 24.8 Å². The Labute approximate surface area is 94.4 Å². The molecule has 4 nitrogen and oxygen atoms in total. The van der Waals surface area contributed by atoms with Gasteiger partial charge in [-0.15, -0.1) is 0 Å². The van der Waals surface area contributed by atoms with Crippen LogP contribution < -0.4 is 0 Å². The van der Waals surface area contributed by atoms with Crippen molar-refractivity contribution in [3.05, 3.63) is 42.5 Å². The maximum atomic E-state index is 4.16. The smallest absolute Gasteiger partial charge is 0.204 e. The Bertz CT molecular complexity index is 488. The van der Waals surface area contributed by atoms with Crippen LogP contribution in [0.25, 0.3) is 0 Å². The SMILES string of the molecule is CCc1cnc(C#CCn2ccnc2)nc1. The van der Waals surface area contributed by atoms with Gasteiger partial charge in [0.05, 0.1) is 12.9 Å². The Balaban J connectivity index is 2.01. The number of nitrogens with zero attached hydrogens (tertiary/aromatic N) is 4. The predicted octanol–water partition coefficient (Wildman–Crippen LogP) is 1.29. The molecule has 0 saturated heterocycles. The maximum absolute atomic E-state index is 4.16. The van der Waals surface area contributed by atoms with Gasteiger partial charge in [0.1, 0.15) is 0 Å². The molecule has 16 heavy (non-hydrogen) atoms. The molecule has 0 spiro atoms. The topological polar surface area (TPSA) is 43.6 Å². The number of hydrogen-bond donors (Lipinski definition) is 0. The molecule has 0 unspecified atom stereocenters. The van der Waals surface area contributed by atoms with E-state index in [9.17, 15) is 0 Å². The zero-order valence-electron chi connectivity index (χ0n) is 9.09. The second-order valence-electron chi connectivity index (χ2n) is 3.31. The largest absolute Gasteiger partial charge is 0.326 e.